The van der Waals surface area contributed by atoms with Gasteiger partial charge in [-0.3, -0.25) is 4.79 Å². The number of ketones is 1. The van der Waals surface area contributed by atoms with Gasteiger partial charge in [-0.2, -0.15) is 0 Å². The average molecular weight is 483 g/mol. The summed E-state index contributed by atoms with van der Waals surface area (Å²) in [6.45, 7) is 6.85. The fraction of sp³-hybridized carbons (Fsp3) is 0.429. The van der Waals surface area contributed by atoms with Crippen LogP contribution in [0, 0.1) is 16.5 Å². The van der Waals surface area contributed by atoms with Crippen molar-refractivity contribution in [3.8, 4) is 17.2 Å². The first kappa shape index (κ1) is 21.5. The minimum Gasteiger partial charge on any atom is -0.507 e. The first-order valence-corrected chi connectivity index (χ1v) is 10.2. The highest BCUT2D eigenvalue weighted by Crippen LogP contribution is 2.32. The maximum atomic E-state index is 12.2. The number of carbonyl (C=O) groups is 1. The third kappa shape index (κ3) is 6.37. The van der Waals surface area contributed by atoms with Crippen molar-refractivity contribution in [1.82, 2.24) is 4.98 Å². The van der Waals surface area contributed by atoms with Crippen LogP contribution >= 0.6 is 22.6 Å². The normalized spacial score (nSPS) is 10.9. The number of halogens is 1. The number of phenolic OH excluding ortho intramolecular Hbond substituents is 1. The molecule has 0 aliphatic rings. The maximum absolute atomic E-state index is 12.2. The van der Waals surface area contributed by atoms with Crippen molar-refractivity contribution in [3.63, 3.8) is 0 Å². The fourth-order valence-corrected chi connectivity index (χ4v) is 3.09. The SMILES string of the molecule is Cc1c(OCCCCOc2cccnc2I)ccc(C(=O)CC(C)C)c1O. The number of unbranched alkanes of at least 4 members (excludes halogenated alkanes) is 1. The molecule has 1 aromatic heterocycles. The average Bonchev–Trinajstić information content (AvgIpc) is 2.62. The fourth-order valence-electron chi connectivity index (χ4n) is 2.59. The van der Waals surface area contributed by atoms with E-state index in [1.54, 1.807) is 25.3 Å². The van der Waals surface area contributed by atoms with Crippen LogP contribution in [0.1, 0.15) is 49.0 Å². The van der Waals surface area contributed by atoms with E-state index in [0.29, 0.717) is 36.5 Å². The van der Waals surface area contributed by atoms with Crippen molar-refractivity contribution in [2.24, 2.45) is 5.92 Å². The van der Waals surface area contributed by atoms with Crippen molar-refractivity contribution in [2.45, 2.75) is 40.0 Å². The van der Waals surface area contributed by atoms with Gasteiger partial charge in [-0.15, -0.1) is 0 Å². The number of carbonyl (C=O) groups excluding carboxylic acids is 1. The number of ether oxygens (including phenoxy) is 2. The van der Waals surface area contributed by atoms with Gasteiger partial charge < -0.3 is 14.6 Å². The Morgan fingerprint density at radius 2 is 1.81 bits per heavy atom. The van der Waals surface area contributed by atoms with Gasteiger partial charge >= 0.3 is 0 Å². The van der Waals surface area contributed by atoms with Crippen molar-refractivity contribution in [3.05, 3.63) is 45.3 Å². The largest absolute Gasteiger partial charge is 0.507 e. The molecule has 1 N–H and O–H groups in total. The highest BCUT2D eigenvalue weighted by atomic mass is 127. The number of nitrogens with zero attached hydrogens (tertiary/aromatic N) is 1. The molecule has 0 atom stereocenters. The van der Waals surface area contributed by atoms with Crippen LogP contribution in [0.3, 0.4) is 0 Å². The van der Waals surface area contributed by atoms with Gasteiger partial charge in [-0.1, -0.05) is 13.8 Å². The van der Waals surface area contributed by atoms with Crippen LogP contribution in [0.2, 0.25) is 0 Å². The highest BCUT2D eigenvalue weighted by Gasteiger charge is 2.17. The van der Waals surface area contributed by atoms with Gasteiger partial charge in [-0.25, -0.2) is 4.98 Å². The van der Waals surface area contributed by atoms with Gasteiger partial charge in [0.2, 0.25) is 0 Å². The van der Waals surface area contributed by atoms with Crippen LogP contribution in [0.15, 0.2) is 30.5 Å². The van der Waals surface area contributed by atoms with E-state index in [1.165, 1.54) is 0 Å². The summed E-state index contributed by atoms with van der Waals surface area (Å²) < 4.78 is 12.3. The van der Waals surface area contributed by atoms with Gasteiger partial charge in [0.15, 0.2) is 11.5 Å². The Labute approximate surface area is 174 Å². The van der Waals surface area contributed by atoms with Crippen LogP contribution < -0.4 is 9.47 Å². The Morgan fingerprint density at radius 3 is 2.44 bits per heavy atom. The lowest BCUT2D eigenvalue weighted by Crippen LogP contribution is -2.06. The Hall–Kier alpha value is -1.83. The molecule has 0 radical (unpaired) electrons. The minimum atomic E-state index is -0.0423. The zero-order chi connectivity index (χ0) is 19.8. The Morgan fingerprint density at radius 1 is 1.15 bits per heavy atom. The second kappa shape index (κ2) is 10.5. The van der Waals surface area contributed by atoms with E-state index in [1.807, 2.05) is 26.0 Å². The minimum absolute atomic E-state index is 0.0210. The lowest BCUT2D eigenvalue weighted by Gasteiger charge is -2.13. The number of hydrogen-bond donors (Lipinski definition) is 1. The van der Waals surface area contributed by atoms with Crippen molar-refractivity contribution < 1.29 is 19.4 Å². The van der Waals surface area contributed by atoms with Gasteiger partial charge in [0.25, 0.3) is 0 Å². The Bertz CT molecular complexity index is 777. The number of hydrogen-bond acceptors (Lipinski definition) is 5. The van der Waals surface area contributed by atoms with Gasteiger partial charge in [0.05, 0.1) is 18.8 Å². The van der Waals surface area contributed by atoms with Crippen LogP contribution in [-0.4, -0.2) is 29.1 Å². The summed E-state index contributed by atoms with van der Waals surface area (Å²) in [6, 6.07) is 7.16. The monoisotopic (exact) mass is 483 g/mol. The van der Waals surface area contributed by atoms with E-state index < -0.39 is 0 Å². The molecular weight excluding hydrogens is 457 g/mol. The Kier molecular flexibility index (Phi) is 8.34. The first-order valence-electron chi connectivity index (χ1n) is 9.12. The number of Topliss-reactive ketones (excluding diaryl/α,β-unsaturated/α-hetero) is 1. The van der Waals surface area contributed by atoms with Crippen molar-refractivity contribution in [2.75, 3.05) is 13.2 Å². The van der Waals surface area contributed by atoms with Gasteiger partial charge in [0.1, 0.15) is 15.2 Å². The quantitative estimate of drug-likeness (QED) is 0.219. The number of aromatic nitrogens is 1. The molecule has 0 fully saturated rings. The van der Waals surface area contributed by atoms with E-state index >= 15 is 0 Å². The molecule has 1 heterocycles. The summed E-state index contributed by atoms with van der Waals surface area (Å²) >= 11 is 2.15. The molecule has 146 valence electrons. The molecule has 6 heteroatoms. The second-order valence-electron chi connectivity index (χ2n) is 6.80. The topological polar surface area (TPSA) is 68.7 Å². The number of benzene rings is 1. The first-order chi connectivity index (χ1) is 12.9. The predicted octanol–water partition coefficient (Wildman–Crippen LogP) is 5.17. The Balaban J connectivity index is 1.80. The summed E-state index contributed by atoms with van der Waals surface area (Å²) in [6.07, 6.45) is 3.83. The molecule has 2 rings (SSSR count). The molecule has 1 aromatic carbocycles. The maximum Gasteiger partial charge on any atom is 0.166 e. The summed E-state index contributed by atoms with van der Waals surface area (Å²) in [4.78, 5) is 16.4. The molecule has 0 spiro atoms. The summed E-state index contributed by atoms with van der Waals surface area (Å²) in [5.41, 5.74) is 0.971. The van der Waals surface area contributed by atoms with E-state index in [-0.39, 0.29) is 17.5 Å². The lowest BCUT2D eigenvalue weighted by molar-refractivity contribution is 0.0965. The van der Waals surface area contributed by atoms with Crippen molar-refractivity contribution >= 4 is 28.4 Å². The third-order valence-corrected chi connectivity index (χ3v) is 4.86. The molecule has 0 amide bonds. The standard InChI is InChI=1S/C21H26INO4/c1-14(2)13-17(24)16-8-9-18(15(3)20(16)25)26-11-4-5-12-27-19-7-6-10-23-21(19)22/h6-10,14,25H,4-5,11-13H2,1-3H3. The van der Waals surface area contributed by atoms with Gasteiger partial charge in [-0.05, 0) is 72.5 Å². The van der Waals surface area contributed by atoms with Crippen LogP contribution in [0.5, 0.6) is 17.2 Å². The summed E-state index contributed by atoms with van der Waals surface area (Å²) in [5, 5.41) is 10.3. The molecule has 0 saturated heterocycles. The van der Waals surface area contributed by atoms with E-state index in [0.717, 1.165) is 22.3 Å². The molecule has 0 saturated carbocycles. The molecule has 27 heavy (non-hydrogen) atoms. The van der Waals surface area contributed by atoms with Gasteiger partial charge in [0, 0.05) is 18.2 Å². The zero-order valence-corrected chi connectivity index (χ0v) is 18.2. The molecule has 0 bridgehead atoms. The van der Waals surface area contributed by atoms with E-state index in [4.69, 9.17) is 9.47 Å². The molecule has 0 aliphatic heterocycles. The number of pyridine rings is 1. The van der Waals surface area contributed by atoms with E-state index in [9.17, 15) is 9.90 Å². The second-order valence-corrected chi connectivity index (χ2v) is 7.82. The summed E-state index contributed by atoms with van der Waals surface area (Å²) in [5.74, 6) is 1.63. The summed E-state index contributed by atoms with van der Waals surface area (Å²) in [7, 11) is 0. The van der Waals surface area contributed by atoms with Crippen LogP contribution in [-0.2, 0) is 0 Å². The number of rotatable bonds is 10. The van der Waals surface area contributed by atoms with Crippen molar-refractivity contribution in [1.29, 1.82) is 0 Å². The van der Waals surface area contributed by atoms with Crippen LogP contribution in [0.25, 0.3) is 0 Å². The molecular formula is C21H26INO4. The highest BCUT2D eigenvalue weighted by molar-refractivity contribution is 14.1. The van der Waals surface area contributed by atoms with E-state index in [2.05, 4.69) is 27.6 Å². The third-order valence-electron chi connectivity index (χ3n) is 4.05. The molecule has 5 nitrogen and oxygen atoms in total. The van der Waals surface area contributed by atoms with Crippen LogP contribution in [0.4, 0.5) is 0 Å². The molecule has 0 unspecified atom stereocenters. The predicted molar refractivity (Wildman–Crippen MR) is 114 cm³/mol. The zero-order valence-electron chi connectivity index (χ0n) is 16.0. The number of aromatic hydroxyl groups is 1. The molecule has 0 aliphatic carbocycles. The smallest absolute Gasteiger partial charge is 0.166 e. The number of phenols is 1. The molecule has 2 aromatic rings. The lowest BCUT2D eigenvalue weighted by atomic mass is 9.98.